The van der Waals surface area contributed by atoms with Crippen LogP contribution >= 0.6 is 22.0 Å². The van der Waals surface area contributed by atoms with Crippen LogP contribution in [0.3, 0.4) is 0 Å². The van der Waals surface area contributed by atoms with Crippen molar-refractivity contribution in [1.82, 2.24) is 4.90 Å². The van der Waals surface area contributed by atoms with Crippen LogP contribution in [-0.2, 0) is 13.8 Å². The lowest BCUT2D eigenvalue weighted by molar-refractivity contribution is 0.0571. The third kappa shape index (κ3) is 3.72. The molecule has 0 aliphatic carbocycles. The summed E-state index contributed by atoms with van der Waals surface area (Å²) < 4.78 is 27.6. The van der Waals surface area contributed by atoms with Crippen LogP contribution in [0.2, 0.25) is 0 Å². The molecule has 1 unspecified atom stereocenters. The molecule has 0 spiro atoms. The van der Waals surface area contributed by atoms with Crippen molar-refractivity contribution in [3.05, 3.63) is 17.0 Å². The zero-order valence-corrected chi connectivity index (χ0v) is 13.4. The molecule has 112 valence electrons. The number of ether oxygens (including phenoxy) is 1. The topological polar surface area (TPSA) is 63.7 Å². The van der Waals surface area contributed by atoms with Gasteiger partial charge < -0.3 is 9.64 Å². The molecule has 2 rings (SSSR count). The lowest BCUT2D eigenvalue weighted by Crippen LogP contribution is -2.41. The van der Waals surface area contributed by atoms with Gasteiger partial charge in [0.25, 0.3) is 15.0 Å². The van der Waals surface area contributed by atoms with Crippen LogP contribution in [0.4, 0.5) is 0 Å². The normalized spacial score (nSPS) is 20.1. The second kappa shape index (κ2) is 6.43. The predicted octanol–water partition coefficient (Wildman–Crippen LogP) is 2.17. The summed E-state index contributed by atoms with van der Waals surface area (Å²) in [5, 5.41) is 1.54. The van der Waals surface area contributed by atoms with Gasteiger partial charge in [-0.2, -0.15) is 0 Å². The number of methoxy groups -OCH3 is 1. The number of piperidine rings is 1. The molecule has 0 radical (unpaired) electrons. The molecule has 1 fully saturated rings. The van der Waals surface area contributed by atoms with Gasteiger partial charge in [0.1, 0.15) is 4.21 Å². The number of carbonyl (C=O) groups excluding carboxylic acids is 1. The molecule has 0 aromatic carbocycles. The molecule has 2 heterocycles. The molecule has 5 nitrogen and oxygen atoms in total. The number of hydrogen-bond acceptors (Lipinski definition) is 5. The summed E-state index contributed by atoms with van der Waals surface area (Å²) in [7, 11) is 3.15. The minimum absolute atomic E-state index is 0.00738. The monoisotopic (exact) mass is 337 g/mol. The van der Waals surface area contributed by atoms with E-state index in [1.54, 1.807) is 12.0 Å². The fourth-order valence-corrected chi connectivity index (χ4v) is 4.30. The Balaban J connectivity index is 2.09. The Bertz CT molecular complexity index is 582. The molecule has 1 aliphatic rings. The van der Waals surface area contributed by atoms with Gasteiger partial charge in [0, 0.05) is 36.3 Å². The Morgan fingerprint density at radius 2 is 2.35 bits per heavy atom. The largest absolute Gasteiger partial charge is 0.384 e. The highest BCUT2D eigenvalue weighted by atomic mass is 35.7. The SMILES string of the molecule is COCC1CCCN(C(=O)c2csc(S(=O)(=O)Cl)c2)C1. The Morgan fingerprint density at radius 3 is 2.95 bits per heavy atom. The number of thiophene rings is 1. The summed E-state index contributed by atoms with van der Waals surface area (Å²) >= 11 is 0.968. The summed E-state index contributed by atoms with van der Waals surface area (Å²) in [6, 6.07) is 1.34. The van der Waals surface area contributed by atoms with E-state index in [1.165, 1.54) is 11.4 Å². The highest BCUT2D eigenvalue weighted by Gasteiger charge is 2.26. The third-order valence-corrected chi connectivity index (χ3v) is 6.31. The van der Waals surface area contributed by atoms with Gasteiger partial charge in [-0.15, -0.1) is 11.3 Å². The third-order valence-electron chi connectivity index (χ3n) is 3.27. The second-order valence-corrected chi connectivity index (χ2v) is 8.51. The quantitative estimate of drug-likeness (QED) is 0.790. The van der Waals surface area contributed by atoms with Gasteiger partial charge in [-0.3, -0.25) is 4.79 Å². The van der Waals surface area contributed by atoms with Crippen molar-refractivity contribution < 1.29 is 17.9 Å². The number of nitrogens with zero attached hydrogens (tertiary/aromatic N) is 1. The zero-order chi connectivity index (χ0) is 14.8. The Hall–Kier alpha value is -0.630. The second-order valence-electron chi connectivity index (χ2n) is 4.81. The van der Waals surface area contributed by atoms with Crippen molar-refractivity contribution >= 4 is 37.0 Å². The zero-order valence-electron chi connectivity index (χ0n) is 11.0. The maximum Gasteiger partial charge on any atom is 0.270 e. The Kier molecular flexibility index (Phi) is 5.06. The molecular weight excluding hydrogens is 322 g/mol. The average Bonchev–Trinajstić information content (AvgIpc) is 2.88. The van der Waals surface area contributed by atoms with Gasteiger partial charge in [-0.25, -0.2) is 8.42 Å². The summed E-state index contributed by atoms with van der Waals surface area (Å²) in [4.78, 5) is 14.1. The van der Waals surface area contributed by atoms with Crippen LogP contribution in [0.25, 0.3) is 0 Å². The molecule has 0 saturated carbocycles. The Morgan fingerprint density at radius 1 is 1.60 bits per heavy atom. The number of carbonyl (C=O) groups is 1. The van der Waals surface area contributed by atoms with Gasteiger partial charge in [0.05, 0.1) is 12.2 Å². The fraction of sp³-hybridized carbons (Fsp3) is 0.583. The number of hydrogen-bond donors (Lipinski definition) is 0. The molecule has 20 heavy (non-hydrogen) atoms. The fourth-order valence-electron chi connectivity index (χ4n) is 2.36. The molecule has 1 aromatic heterocycles. The minimum atomic E-state index is -3.77. The average molecular weight is 338 g/mol. The lowest BCUT2D eigenvalue weighted by Gasteiger charge is -2.32. The molecule has 0 N–H and O–H groups in total. The highest BCUT2D eigenvalue weighted by molar-refractivity contribution is 8.15. The maximum absolute atomic E-state index is 12.3. The maximum atomic E-state index is 12.3. The van der Waals surface area contributed by atoms with Crippen LogP contribution in [0.1, 0.15) is 23.2 Å². The van der Waals surface area contributed by atoms with Crippen molar-refractivity contribution in [1.29, 1.82) is 0 Å². The first-order chi connectivity index (χ1) is 9.41. The van der Waals surface area contributed by atoms with E-state index < -0.39 is 9.05 Å². The van der Waals surface area contributed by atoms with Crippen LogP contribution in [0.15, 0.2) is 15.7 Å². The van der Waals surface area contributed by atoms with E-state index in [-0.39, 0.29) is 10.1 Å². The number of amides is 1. The molecule has 0 bridgehead atoms. The smallest absolute Gasteiger partial charge is 0.270 e. The van der Waals surface area contributed by atoms with E-state index >= 15 is 0 Å². The molecule has 1 aromatic rings. The summed E-state index contributed by atoms with van der Waals surface area (Å²) in [6.45, 7) is 1.97. The first-order valence-corrected chi connectivity index (χ1v) is 9.42. The van der Waals surface area contributed by atoms with Gasteiger partial charge in [0.2, 0.25) is 0 Å². The minimum Gasteiger partial charge on any atom is -0.384 e. The van der Waals surface area contributed by atoms with Gasteiger partial charge in [-0.05, 0) is 24.8 Å². The van der Waals surface area contributed by atoms with Crippen molar-refractivity contribution in [2.24, 2.45) is 5.92 Å². The van der Waals surface area contributed by atoms with Gasteiger partial charge in [-0.1, -0.05) is 0 Å². The number of rotatable bonds is 4. The first kappa shape index (κ1) is 15.8. The predicted molar refractivity (Wildman–Crippen MR) is 77.9 cm³/mol. The van der Waals surface area contributed by atoms with Gasteiger partial charge >= 0.3 is 0 Å². The van der Waals surface area contributed by atoms with Crippen LogP contribution in [0, 0.1) is 5.92 Å². The Labute approximate surface area is 126 Å². The van der Waals surface area contributed by atoms with Crippen LogP contribution in [-0.4, -0.2) is 46.0 Å². The van der Waals surface area contributed by atoms with Crippen LogP contribution in [0.5, 0.6) is 0 Å². The lowest BCUT2D eigenvalue weighted by atomic mass is 9.98. The van der Waals surface area contributed by atoms with Crippen molar-refractivity contribution in [3.63, 3.8) is 0 Å². The van der Waals surface area contributed by atoms with Gasteiger partial charge in [0.15, 0.2) is 0 Å². The standard InChI is InChI=1S/C12H16ClNO4S2/c1-18-7-9-3-2-4-14(6-9)12(15)10-5-11(19-8-10)20(13,16)17/h5,8-9H,2-4,6-7H2,1H3. The van der Waals surface area contributed by atoms with E-state index in [4.69, 9.17) is 15.4 Å². The van der Waals surface area contributed by atoms with E-state index in [1.807, 2.05) is 0 Å². The molecule has 1 saturated heterocycles. The van der Waals surface area contributed by atoms with E-state index in [2.05, 4.69) is 0 Å². The molecule has 1 amide bonds. The summed E-state index contributed by atoms with van der Waals surface area (Å²) in [5.74, 6) is 0.196. The van der Waals surface area contributed by atoms with Crippen molar-refractivity contribution in [3.8, 4) is 0 Å². The van der Waals surface area contributed by atoms with Crippen LogP contribution < -0.4 is 0 Å². The summed E-state index contributed by atoms with van der Waals surface area (Å²) in [6.07, 6.45) is 1.98. The summed E-state index contributed by atoms with van der Waals surface area (Å²) in [5.41, 5.74) is 0.382. The highest BCUT2D eigenvalue weighted by Crippen LogP contribution is 2.26. The first-order valence-electron chi connectivity index (χ1n) is 6.23. The number of likely N-dealkylation sites (tertiary alicyclic amines) is 1. The number of halogens is 1. The molecule has 1 aliphatic heterocycles. The van der Waals surface area contributed by atoms with E-state index in [0.29, 0.717) is 31.2 Å². The van der Waals surface area contributed by atoms with Crippen molar-refractivity contribution in [2.45, 2.75) is 17.1 Å². The van der Waals surface area contributed by atoms with Crippen molar-refractivity contribution in [2.75, 3.05) is 26.8 Å². The molecular formula is C12H16ClNO4S2. The molecule has 1 atom stereocenters. The van der Waals surface area contributed by atoms with E-state index in [0.717, 1.165) is 24.2 Å². The van der Waals surface area contributed by atoms with E-state index in [9.17, 15) is 13.2 Å². The molecule has 8 heteroatoms.